The Bertz CT molecular complexity index is 195. The van der Waals surface area contributed by atoms with Crippen LogP contribution < -0.4 is 5.32 Å². The summed E-state index contributed by atoms with van der Waals surface area (Å²) in [7, 11) is 0. The van der Waals surface area contributed by atoms with E-state index in [1.54, 1.807) is 6.26 Å². The van der Waals surface area contributed by atoms with E-state index >= 15 is 0 Å². The molecule has 0 saturated heterocycles. The molecule has 0 radical (unpaired) electrons. The van der Waals surface area contributed by atoms with Gasteiger partial charge in [-0.2, -0.15) is 11.8 Å². The fraction of sp³-hybridized carbons (Fsp3) is 0.714. The topological polar surface area (TPSA) is 66.4 Å². The minimum atomic E-state index is -1.15. The minimum Gasteiger partial charge on any atom is -0.479 e. The molecule has 12 heavy (non-hydrogen) atoms. The number of amides is 1. The number of rotatable bonds is 4. The van der Waals surface area contributed by atoms with Crippen molar-refractivity contribution in [2.24, 2.45) is 0 Å². The fourth-order valence-electron chi connectivity index (χ4n) is 0.828. The summed E-state index contributed by atoms with van der Waals surface area (Å²) in [6, 6.07) is 0. The van der Waals surface area contributed by atoms with Gasteiger partial charge in [-0.25, -0.2) is 4.79 Å². The average molecular weight is 191 g/mol. The molecular formula is C7H13NO3S. The van der Waals surface area contributed by atoms with E-state index in [2.05, 4.69) is 5.32 Å². The van der Waals surface area contributed by atoms with Gasteiger partial charge in [-0.15, -0.1) is 0 Å². The molecular weight excluding hydrogens is 178 g/mol. The predicted molar refractivity (Wildman–Crippen MR) is 48.2 cm³/mol. The van der Waals surface area contributed by atoms with Crippen molar-refractivity contribution in [2.75, 3.05) is 12.0 Å². The van der Waals surface area contributed by atoms with Crippen LogP contribution in [-0.2, 0) is 9.59 Å². The molecule has 0 saturated carbocycles. The number of carbonyl (C=O) groups excluding carboxylic acids is 1. The number of hydrogen-bond acceptors (Lipinski definition) is 3. The van der Waals surface area contributed by atoms with Crippen LogP contribution in [0.25, 0.3) is 0 Å². The van der Waals surface area contributed by atoms with Crippen molar-refractivity contribution >= 4 is 23.6 Å². The molecule has 0 aliphatic heterocycles. The molecule has 0 aromatic heterocycles. The third-order valence-corrected chi connectivity index (χ3v) is 2.22. The van der Waals surface area contributed by atoms with Crippen LogP contribution in [0.5, 0.6) is 0 Å². The largest absolute Gasteiger partial charge is 0.479 e. The molecule has 0 heterocycles. The lowest BCUT2D eigenvalue weighted by molar-refractivity contribution is -0.145. The Kier molecular flexibility index (Phi) is 4.09. The maximum Gasteiger partial charge on any atom is 0.329 e. The summed E-state index contributed by atoms with van der Waals surface area (Å²) >= 11 is 1.38. The molecule has 0 fully saturated rings. The van der Waals surface area contributed by atoms with E-state index in [0.29, 0.717) is 5.75 Å². The van der Waals surface area contributed by atoms with Gasteiger partial charge in [0.25, 0.3) is 0 Å². The number of hydrogen-bond donors (Lipinski definition) is 2. The Morgan fingerprint density at radius 2 is 2.08 bits per heavy atom. The first-order valence-corrected chi connectivity index (χ1v) is 4.83. The van der Waals surface area contributed by atoms with Crippen molar-refractivity contribution in [3.8, 4) is 0 Å². The van der Waals surface area contributed by atoms with E-state index in [1.807, 2.05) is 0 Å². The highest BCUT2D eigenvalue weighted by Crippen LogP contribution is 2.10. The van der Waals surface area contributed by atoms with Gasteiger partial charge in [0.15, 0.2) is 0 Å². The molecule has 0 bridgehead atoms. The quantitative estimate of drug-likeness (QED) is 0.672. The van der Waals surface area contributed by atoms with Gasteiger partial charge < -0.3 is 10.4 Å². The van der Waals surface area contributed by atoms with Crippen LogP contribution in [0.2, 0.25) is 0 Å². The van der Waals surface area contributed by atoms with E-state index in [0.717, 1.165) is 0 Å². The monoisotopic (exact) mass is 191 g/mol. The lowest BCUT2D eigenvalue weighted by atomic mass is 10.1. The lowest BCUT2D eigenvalue weighted by Crippen LogP contribution is -2.53. The highest BCUT2D eigenvalue weighted by atomic mass is 32.2. The van der Waals surface area contributed by atoms with Crippen molar-refractivity contribution in [1.82, 2.24) is 5.32 Å². The van der Waals surface area contributed by atoms with Crippen molar-refractivity contribution in [2.45, 2.75) is 19.4 Å². The number of carboxylic acids is 1. The first-order chi connectivity index (χ1) is 5.42. The van der Waals surface area contributed by atoms with Crippen LogP contribution in [0.15, 0.2) is 0 Å². The first kappa shape index (κ1) is 11.3. The van der Waals surface area contributed by atoms with E-state index < -0.39 is 11.5 Å². The number of nitrogens with one attached hydrogen (secondary N) is 1. The molecule has 0 aromatic carbocycles. The van der Waals surface area contributed by atoms with Gasteiger partial charge in [-0.1, -0.05) is 0 Å². The van der Waals surface area contributed by atoms with Crippen molar-refractivity contribution in [3.63, 3.8) is 0 Å². The van der Waals surface area contributed by atoms with Crippen LogP contribution in [0, 0.1) is 0 Å². The highest BCUT2D eigenvalue weighted by Gasteiger charge is 2.33. The van der Waals surface area contributed by atoms with E-state index in [9.17, 15) is 9.59 Å². The second kappa shape index (κ2) is 4.35. The minimum absolute atomic E-state index is 0.325. The maximum absolute atomic E-state index is 10.7. The first-order valence-electron chi connectivity index (χ1n) is 3.43. The van der Waals surface area contributed by atoms with Crippen LogP contribution in [-0.4, -0.2) is 34.5 Å². The molecule has 0 rings (SSSR count). The zero-order chi connectivity index (χ0) is 9.78. The van der Waals surface area contributed by atoms with Gasteiger partial charge in [-0.05, 0) is 13.2 Å². The van der Waals surface area contributed by atoms with Gasteiger partial charge in [0.05, 0.1) is 0 Å². The molecule has 1 unspecified atom stereocenters. The number of carboxylic acid groups (broad SMARTS) is 1. The van der Waals surface area contributed by atoms with Crippen LogP contribution in [0.3, 0.4) is 0 Å². The number of thioether (sulfide) groups is 1. The molecule has 5 heteroatoms. The zero-order valence-corrected chi connectivity index (χ0v) is 8.20. The van der Waals surface area contributed by atoms with E-state index in [1.165, 1.54) is 25.6 Å². The lowest BCUT2D eigenvalue weighted by Gasteiger charge is -2.24. The molecule has 2 N–H and O–H groups in total. The molecule has 1 amide bonds. The summed E-state index contributed by atoms with van der Waals surface area (Å²) in [6.07, 6.45) is 1.79. The van der Waals surface area contributed by atoms with Gasteiger partial charge >= 0.3 is 5.97 Å². The van der Waals surface area contributed by atoms with Crippen molar-refractivity contribution in [3.05, 3.63) is 0 Å². The summed E-state index contributed by atoms with van der Waals surface area (Å²) in [5.41, 5.74) is -1.15. The smallest absolute Gasteiger partial charge is 0.329 e. The summed E-state index contributed by atoms with van der Waals surface area (Å²) in [6.45, 7) is 2.80. The van der Waals surface area contributed by atoms with Gasteiger partial charge in [0, 0.05) is 12.7 Å². The Balaban J connectivity index is 4.38. The molecule has 0 spiro atoms. The summed E-state index contributed by atoms with van der Waals surface area (Å²) < 4.78 is 0. The molecule has 0 aliphatic carbocycles. The maximum atomic E-state index is 10.7. The van der Waals surface area contributed by atoms with Gasteiger partial charge in [0.2, 0.25) is 5.91 Å². The Morgan fingerprint density at radius 1 is 1.58 bits per heavy atom. The van der Waals surface area contributed by atoms with Gasteiger partial charge in [0.1, 0.15) is 5.54 Å². The van der Waals surface area contributed by atoms with Crippen LogP contribution >= 0.6 is 11.8 Å². The molecule has 0 aromatic rings. The molecule has 4 nitrogen and oxygen atoms in total. The Morgan fingerprint density at radius 3 is 2.33 bits per heavy atom. The molecule has 0 aliphatic rings. The molecule has 1 atom stereocenters. The average Bonchev–Trinajstić information content (AvgIpc) is 1.85. The fourth-order valence-corrected chi connectivity index (χ4v) is 1.60. The third kappa shape index (κ3) is 3.13. The standard InChI is InChI=1S/C7H13NO3S/c1-5(9)8-7(2,4-12-3)6(10)11/h4H2,1-3H3,(H,8,9)(H,10,11). The summed E-state index contributed by atoms with van der Waals surface area (Å²) in [5, 5.41) is 11.2. The highest BCUT2D eigenvalue weighted by molar-refractivity contribution is 7.98. The third-order valence-electron chi connectivity index (χ3n) is 1.36. The summed E-state index contributed by atoms with van der Waals surface area (Å²) in [5.74, 6) is -0.969. The Hall–Kier alpha value is -0.710. The van der Waals surface area contributed by atoms with E-state index in [4.69, 9.17) is 5.11 Å². The Labute approximate surface area is 75.7 Å². The van der Waals surface area contributed by atoms with Crippen LogP contribution in [0.1, 0.15) is 13.8 Å². The second-order valence-corrected chi connectivity index (χ2v) is 3.62. The predicted octanol–water partition coefficient (Wildman–Crippen LogP) is 0.329. The summed E-state index contributed by atoms with van der Waals surface area (Å²) in [4.78, 5) is 21.4. The van der Waals surface area contributed by atoms with Crippen molar-refractivity contribution in [1.29, 1.82) is 0 Å². The number of aliphatic carboxylic acids is 1. The van der Waals surface area contributed by atoms with Crippen molar-refractivity contribution < 1.29 is 14.7 Å². The number of carbonyl (C=O) groups is 2. The van der Waals surface area contributed by atoms with Crippen LogP contribution in [0.4, 0.5) is 0 Å². The van der Waals surface area contributed by atoms with E-state index in [-0.39, 0.29) is 5.91 Å². The second-order valence-electron chi connectivity index (χ2n) is 2.75. The normalized spacial score (nSPS) is 14.9. The SMILES string of the molecule is CSCC(C)(NC(C)=O)C(=O)O. The van der Waals surface area contributed by atoms with Gasteiger partial charge in [-0.3, -0.25) is 4.79 Å². The molecule has 70 valence electrons. The zero-order valence-electron chi connectivity index (χ0n) is 7.38.